The van der Waals surface area contributed by atoms with Crippen molar-refractivity contribution in [2.24, 2.45) is 5.14 Å². The summed E-state index contributed by atoms with van der Waals surface area (Å²) in [5.74, 6) is 2.61. The topological polar surface area (TPSA) is 29.3 Å². The van der Waals surface area contributed by atoms with Crippen molar-refractivity contribution in [3.05, 3.63) is 0 Å². The number of hydrogen-bond donors (Lipinski definition) is 1. The molecule has 2 aliphatic rings. The van der Waals surface area contributed by atoms with Crippen molar-refractivity contribution in [1.82, 2.24) is 4.31 Å². The summed E-state index contributed by atoms with van der Waals surface area (Å²) >= 11 is 0. The van der Waals surface area contributed by atoms with Gasteiger partial charge in [-0.2, -0.15) is 0 Å². The quantitative estimate of drug-likeness (QED) is 0.786. The van der Waals surface area contributed by atoms with E-state index in [1.54, 1.807) is 0 Å². The highest BCUT2D eigenvalue weighted by atomic mass is 32.3. The summed E-state index contributed by atoms with van der Waals surface area (Å²) in [5, 5.41) is 6.60. The zero-order chi connectivity index (χ0) is 10.0. The lowest BCUT2D eigenvalue weighted by Crippen LogP contribution is -2.40. The first-order valence-corrected chi connectivity index (χ1v) is 8.08. The molecule has 0 spiro atoms. The molecule has 2 fully saturated rings. The van der Waals surface area contributed by atoms with E-state index < -0.39 is 10.4 Å². The van der Waals surface area contributed by atoms with E-state index in [1.807, 2.05) is 0 Å². The molecular formula is C11H24N2S. The number of nitrogens with zero attached hydrogens (tertiary/aromatic N) is 1. The second kappa shape index (κ2) is 4.42. The van der Waals surface area contributed by atoms with Gasteiger partial charge in [-0.1, -0.05) is 19.8 Å². The lowest BCUT2D eigenvalue weighted by Gasteiger charge is -2.46. The van der Waals surface area contributed by atoms with E-state index >= 15 is 0 Å². The average molecular weight is 216 g/mol. The monoisotopic (exact) mass is 216 g/mol. The summed E-state index contributed by atoms with van der Waals surface area (Å²) < 4.78 is 2.69. The molecule has 0 aromatic rings. The van der Waals surface area contributed by atoms with Crippen LogP contribution in [0.25, 0.3) is 0 Å². The van der Waals surface area contributed by atoms with Crippen molar-refractivity contribution in [3.8, 4) is 0 Å². The fraction of sp³-hybridized carbons (Fsp3) is 1.00. The Kier molecular flexibility index (Phi) is 3.40. The summed E-state index contributed by atoms with van der Waals surface area (Å²) in [5.41, 5.74) is 0. The molecule has 2 nitrogen and oxygen atoms in total. The van der Waals surface area contributed by atoms with E-state index in [9.17, 15) is 0 Å². The smallest absolute Gasteiger partial charge is 0.0198 e. The molecule has 14 heavy (non-hydrogen) atoms. The van der Waals surface area contributed by atoms with Gasteiger partial charge in [0.05, 0.1) is 0 Å². The van der Waals surface area contributed by atoms with Crippen molar-refractivity contribution >= 4 is 10.4 Å². The van der Waals surface area contributed by atoms with Crippen LogP contribution in [0.4, 0.5) is 0 Å². The summed E-state index contributed by atoms with van der Waals surface area (Å²) in [4.78, 5) is 0. The lowest BCUT2D eigenvalue weighted by atomic mass is 10.2. The van der Waals surface area contributed by atoms with Crippen LogP contribution in [0.1, 0.15) is 45.4 Å². The van der Waals surface area contributed by atoms with Crippen molar-refractivity contribution in [2.45, 2.75) is 51.5 Å². The van der Waals surface area contributed by atoms with Crippen LogP contribution >= 0.6 is 10.4 Å². The van der Waals surface area contributed by atoms with E-state index in [0.29, 0.717) is 0 Å². The first-order chi connectivity index (χ1) is 6.76. The molecule has 84 valence electrons. The minimum absolute atomic E-state index is 0.832. The van der Waals surface area contributed by atoms with Crippen molar-refractivity contribution in [2.75, 3.05) is 18.1 Å². The van der Waals surface area contributed by atoms with Crippen LogP contribution in [0.5, 0.6) is 0 Å². The third-order valence-corrected chi connectivity index (χ3v) is 7.24. The van der Waals surface area contributed by atoms with E-state index in [1.165, 1.54) is 56.6 Å². The minimum Gasteiger partial charge on any atom is -0.283 e. The Morgan fingerprint density at radius 3 is 2.21 bits per heavy atom. The summed E-state index contributed by atoms with van der Waals surface area (Å²) in [7, 11) is -0.845. The Bertz CT molecular complexity index is 184. The summed E-state index contributed by atoms with van der Waals surface area (Å²) in [6, 6.07) is 0.832. The van der Waals surface area contributed by atoms with Gasteiger partial charge in [0, 0.05) is 24.1 Å². The van der Waals surface area contributed by atoms with Crippen LogP contribution in [0, 0.1) is 0 Å². The van der Waals surface area contributed by atoms with Gasteiger partial charge in [0.1, 0.15) is 0 Å². The molecule has 1 aliphatic carbocycles. The normalized spacial score (nSPS) is 29.9. The maximum absolute atomic E-state index is 6.60. The van der Waals surface area contributed by atoms with Crippen LogP contribution in [-0.2, 0) is 0 Å². The Labute approximate surface area is 89.8 Å². The predicted molar refractivity (Wildman–Crippen MR) is 65.4 cm³/mol. The molecule has 0 amide bonds. The van der Waals surface area contributed by atoms with Gasteiger partial charge in [0.25, 0.3) is 0 Å². The molecule has 0 aromatic heterocycles. The third kappa shape index (κ3) is 1.95. The van der Waals surface area contributed by atoms with Gasteiger partial charge in [-0.3, -0.25) is 9.44 Å². The van der Waals surface area contributed by atoms with Gasteiger partial charge in [-0.25, -0.2) is 0 Å². The highest BCUT2D eigenvalue weighted by Gasteiger charge is 2.35. The molecule has 1 heterocycles. The standard InChI is InChI=1S/C11H24N2S/c1-2-13(11-7-3-4-8-11)14(12)9-5-6-10-14/h11H,2-10,12H2,1H3. The van der Waals surface area contributed by atoms with Gasteiger partial charge in [-0.15, -0.1) is 10.4 Å². The van der Waals surface area contributed by atoms with Gasteiger partial charge >= 0.3 is 0 Å². The Morgan fingerprint density at radius 1 is 1.14 bits per heavy atom. The van der Waals surface area contributed by atoms with E-state index in [4.69, 9.17) is 5.14 Å². The van der Waals surface area contributed by atoms with Gasteiger partial charge in [0.15, 0.2) is 0 Å². The molecule has 1 aliphatic heterocycles. The Balaban J connectivity index is 2.03. The zero-order valence-electron chi connectivity index (χ0n) is 9.37. The van der Waals surface area contributed by atoms with E-state index in [2.05, 4.69) is 11.2 Å². The van der Waals surface area contributed by atoms with Crippen molar-refractivity contribution < 1.29 is 0 Å². The largest absolute Gasteiger partial charge is 0.283 e. The SMILES string of the molecule is CCN(C1CCCC1)S1(N)CCCC1. The molecule has 0 unspecified atom stereocenters. The van der Waals surface area contributed by atoms with E-state index in [0.717, 1.165) is 6.04 Å². The molecule has 3 heteroatoms. The van der Waals surface area contributed by atoms with Crippen LogP contribution in [0.2, 0.25) is 0 Å². The highest BCUT2D eigenvalue weighted by Crippen LogP contribution is 2.52. The Morgan fingerprint density at radius 2 is 1.71 bits per heavy atom. The molecule has 2 rings (SSSR count). The minimum atomic E-state index is -0.845. The Hall–Kier alpha value is 0.270. The number of rotatable bonds is 3. The number of hydrogen-bond acceptors (Lipinski definition) is 2. The molecule has 1 saturated heterocycles. The fourth-order valence-electron chi connectivity index (χ4n) is 3.05. The first kappa shape index (κ1) is 10.8. The van der Waals surface area contributed by atoms with Gasteiger partial charge < -0.3 is 0 Å². The molecule has 0 radical (unpaired) electrons. The molecule has 1 saturated carbocycles. The predicted octanol–water partition coefficient (Wildman–Crippen LogP) is 2.64. The van der Waals surface area contributed by atoms with Crippen LogP contribution in [-0.4, -0.2) is 28.4 Å². The second-order valence-electron chi connectivity index (χ2n) is 4.69. The highest BCUT2D eigenvalue weighted by molar-refractivity contribution is 8.30. The lowest BCUT2D eigenvalue weighted by molar-refractivity contribution is 0.362. The number of nitrogens with two attached hydrogens (primary N) is 1. The van der Waals surface area contributed by atoms with Crippen LogP contribution in [0.15, 0.2) is 0 Å². The molecule has 0 bridgehead atoms. The van der Waals surface area contributed by atoms with Crippen LogP contribution < -0.4 is 5.14 Å². The second-order valence-corrected chi connectivity index (χ2v) is 7.78. The fourth-order valence-corrected chi connectivity index (χ4v) is 6.45. The molecule has 0 atom stereocenters. The van der Waals surface area contributed by atoms with Gasteiger partial charge in [-0.05, 0) is 25.7 Å². The molecular weight excluding hydrogens is 192 g/mol. The maximum atomic E-state index is 6.60. The summed E-state index contributed by atoms with van der Waals surface area (Å²) in [6.07, 6.45) is 8.40. The zero-order valence-corrected chi connectivity index (χ0v) is 10.2. The molecule has 2 N–H and O–H groups in total. The third-order valence-electron chi connectivity index (χ3n) is 3.76. The van der Waals surface area contributed by atoms with E-state index in [-0.39, 0.29) is 0 Å². The van der Waals surface area contributed by atoms with Gasteiger partial charge in [0.2, 0.25) is 0 Å². The van der Waals surface area contributed by atoms with Crippen molar-refractivity contribution in [3.63, 3.8) is 0 Å². The first-order valence-electron chi connectivity index (χ1n) is 6.09. The maximum Gasteiger partial charge on any atom is 0.0198 e. The van der Waals surface area contributed by atoms with Crippen LogP contribution in [0.3, 0.4) is 0 Å². The molecule has 0 aromatic carbocycles. The van der Waals surface area contributed by atoms with Crippen molar-refractivity contribution in [1.29, 1.82) is 0 Å². The summed E-state index contributed by atoms with van der Waals surface area (Å²) in [6.45, 7) is 3.47. The average Bonchev–Trinajstić information content (AvgIpc) is 2.78.